The Morgan fingerprint density at radius 3 is 2.85 bits per heavy atom. The molecule has 0 unspecified atom stereocenters. The zero-order chi connectivity index (χ0) is 13.8. The quantitative estimate of drug-likeness (QED) is 0.859. The van der Waals surface area contributed by atoms with Gasteiger partial charge in [-0.1, -0.05) is 0 Å². The Bertz CT molecular complexity index is 530. The number of pyridine rings is 1. The fourth-order valence-corrected chi connectivity index (χ4v) is 2.37. The number of piperazine rings is 1. The smallest absolute Gasteiger partial charge is 0.0711 e. The summed E-state index contributed by atoms with van der Waals surface area (Å²) in [6.07, 6.45) is 5.51. The van der Waals surface area contributed by atoms with E-state index in [0.29, 0.717) is 0 Å². The molecule has 2 aromatic rings. The van der Waals surface area contributed by atoms with E-state index in [4.69, 9.17) is 0 Å². The fourth-order valence-electron chi connectivity index (χ4n) is 2.37. The summed E-state index contributed by atoms with van der Waals surface area (Å²) < 4.78 is 0. The summed E-state index contributed by atoms with van der Waals surface area (Å²) in [5.41, 5.74) is 6.76. The molecule has 20 heavy (non-hydrogen) atoms. The van der Waals surface area contributed by atoms with Gasteiger partial charge in [-0.15, -0.1) is 0 Å². The maximum atomic E-state index is 4.16. The lowest BCUT2D eigenvalue weighted by Gasteiger charge is -2.32. The van der Waals surface area contributed by atoms with Gasteiger partial charge in [-0.25, -0.2) is 5.01 Å². The van der Waals surface area contributed by atoms with Crippen molar-refractivity contribution in [2.75, 3.05) is 33.2 Å². The second-order valence-electron chi connectivity index (χ2n) is 5.14. The Morgan fingerprint density at radius 2 is 2.10 bits per heavy atom. The van der Waals surface area contributed by atoms with E-state index in [0.717, 1.165) is 49.5 Å². The zero-order valence-corrected chi connectivity index (χ0v) is 11.7. The van der Waals surface area contributed by atoms with Crippen LogP contribution < -0.4 is 5.43 Å². The SMILES string of the molecule is CN1CCN(NCc2cn[nH]c2-c2cccnc2)CC1. The van der Waals surface area contributed by atoms with Crippen LogP contribution in [-0.4, -0.2) is 58.3 Å². The Balaban J connectivity index is 1.63. The van der Waals surface area contributed by atoms with Crippen molar-refractivity contribution in [2.24, 2.45) is 0 Å². The maximum Gasteiger partial charge on any atom is 0.0711 e. The third-order valence-electron chi connectivity index (χ3n) is 3.66. The summed E-state index contributed by atoms with van der Waals surface area (Å²) in [7, 11) is 2.16. The topological polar surface area (TPSA) is 60.1 Å². The first-order valence-electron chi connectivity index (χ1n) is 6.92. The van der Waals surface area contributed by atoms with Crippen molar-refractivity contribution in [3.05, 3.63) is 36.3 Å². The minimum Gasteiger partial charge on any atom is -0.304 e. The molecule has 1 saturated heterocycles. The van der Waals surface area contributed by atoms with Crippen molar-refractivity contribution in [2.45, 2.75) is 6.54 Å². The van der Waals surface area contributed by atoms with Crippen LogP contribution in [0.5, 0.6) is 0 Å². The molecule has 0 bridgehead atoms. The number of rotatable bonds is 4. The van der Waals surface area contributed by atoms with Crippen molar-refractivity contribution in [3.8, 4) is 11.3 Å². The number of aromatic nitrogens is 3. The van der Waals surface area contributed by atoms with Crippen LogP contribution >= 0.6 is 0 Å². The molecule has 6 nitrogen and oxygen atoms in total. The summed E-state index contributed by atoms with van der Waals surface area (Å²) in [6, 6.07) is 3.98. The lowest BCUT2D eigenvalue weighted by molar-refractivity contribution is 0.102. The van der Waals surface area contributed by atoms with Gasteiger partial charge in [0.25, 0.3) is 0 Å². The van der Waals surface area contributed by atoms with Crippen molar-refractivity contribution in [3.63, 3.8) is 0 Å². The predicted molar refractivity (Wildman–Crippen MR) is 77.7 cm³/mol. The Morgan fingerprint density at radius 1 is 1.25 bits per heavy atom. The minimum atomic E-state index is 0.782. The molecule has 0 atom stereocenters. The van der Waals surface area contributed by atoms with Crippen molar-refractivity contribution < 1.29 is 0 Å². The van der Waals surface area contributed by atoms with Crippen LogP contribution in [0.2, 0.25) is 0 Å². The van der Waals surface area contributed by atoms with Crippen LogP contribution in [0, 0.1) is 0 Å². The Labute approximate surface area is 118 Å². The first kappa shape index (κ1) is 13.2. The molecule has 1 aliphatic rings. The number of nitrogens with zero attached hydrogens (tertiary/aromatic N) is 4. The molecule has 3 rings (SSSR count). The normalized spacial score (nSPS) is 17.4. The standard InChI is InChI=1S/C14H20N6/c1-19-5-7-20(8-6-19)17-11-13-10-16-18-14(13)12-3-2-4-15-9-12/h2-4,9-10,17H,5-8,11H2,1H3,(H,16,18). The number of hydrogen-bond acceptors (Lipinski definition) is 5. The molecule has 106 valence electrons. The largest absolute Gasteiger partial charge is 0.304 e. The highest BCUT2D eigenvalue weighted by Gasteiger charge is 2.14. The Kier molecular flexibility index (Phi) is 4.05. The van der Waals surface area contributed by atoms with E-state index in [1.165, 1.54) is 0 Å². The molecular weight excluding hydrogens is 252 g/mol. The molecule has 0 saturated carbocycles. The molecule has 2 aromatic heterocycles. The van der Waals surface area contributed by atoms with E-state index in [2.05, 4.69) is 37.6 Å². The molecule has 0 radical (unpaired) electrons. The van der Waals surface area contributed by atoms with Crippen LogP contribution in [0.25, 0.3) is 11.3 Å². The van der Waals surface area contributed by atoms with E-state index >= 15 is 0 Å². The fraction of sp³-hybridized carbons (Fsp3) is 0.429. The molecular formula is C14H20N6. The maximum absolute atomic E-state index is 4.16. The molecule has 0 aliphatic carbocycles. The van der Waals surface area contributed by atoms with Gasteiger partial charge in [-0.05, 0) is 19.2 Å². The van der Waals surface area contributed by atoms with Gasteiger partial charge in [0, 0.05) is 56.2 Å². The molecule has 0 amide bonds. The third kappa shape index (κ3) is 3.04. The molecule has 6 heteroatoms. The van der Waals surface area contributed by atoms with Gasteiger partial charge in [0.2, 0.25) is 0 Å². The van der Waals surface area contributed by atoms with E-state index in [1.807, 2.05) is 24.5 Å². The van der Waals surface area contributed by atoms with Gasteiger partial charge in [0.15, 0.2) is 0 Å². The average molecular weight is 272 g/mol. The minimum absolute atomic E-state index is 0.782. The van der Waals surface area contributed by atoms with E-state index in [-0.39, 0.29) is 0 Å². The van der Waals surface area contributed by atoms with E-state index in [1.54, 1.807) is 6.20 Å². The number of hydrogen-bond donors (Lipinski definition) is 2. The van der Waals surface area contributed by atoms with Crippen molar-refractivity contribution in [1.29, 1.82) is 0 Å². The molecule has 1 fully saturated rings. The summed E-state index contributed by atoms with van der Waals surface area (Å²) in [4.78, 5) is 6.50. The van der Waals surface area contributed by atoms with Gasteiger partial charge in [0.1, 0.15) is 0 Å². The van der Waals surface area contributed by atoms with Gasteiger partial charge in [0.05, 0.1) is 11.9 Å². The number of nitrogens with one attached hydrogen (secondary N) is 2. The molecule has 0 aromatic carbocycles. The second kappa shape index (κ2) is 6.13. The third-order valence-corrected chi connectivity index (χ3v) is 3.66. The van der Waals surface area contributed by atoms with Crippen LogP contribution in [0.1, 0.15) is 5.56 Å². The first-order chi connectivity index (χ1) is 9.83. The van der Waals surface area contributed by atoms with E-state index < -0.39 is 0 Å². The lowest BCUT2D eigenvalue weighted by Crippen LogP contribution is -2.50. The second-order valence-corrected chi connectivity index (χ2v) is 5.14. The van der Waals surface area contributed by atoms with Crippen LogP contribution in [0.3, 0.4) is 0 Å². The summed E-state index contributed by atoms with van der Waals surface area (Å²) in [6.45, 7) is 5.10. The summed E-state index contributed by atoms with van der Waals surface area (Å²) >= 11 is 0. The van der Waals surface area contributed by atoms with Crippen LogP contribution in [-0.2, 0) is 6.54 Å². The highest BCUT2D eigenvalue weighted by atomic mass is 15.5. The predicted octanol–water partition coefficient (Wildman–Crippen LogP) is 0.724. The number of likely N-dealkylation sites (N-methyl/N-ethyl adjacent to an activating group) is 1. The van der Waals surface area contributed by atoms with E-state index in [9.17, 15) is 0 Å². The monoisotopic (exact) mass is 272 g/mol. The zero-order valence-electron chi connectivity index (χ0n) is 11.7. The Hall–Kier alpha value is -1.76. The first-order valence-corrected chi connectivity index (χ1v) is 6.92. The highest BCUT2D eigenvalue weighted by molar-refractivity contribution is 5.61. The number of aromatic amines is 1. The van der Waals surface area contributed by atoms with Crippen LogP contribution in [0.4, 0.5) is 0 Å². The van der Waals surface area contributed by atoms with Crippen molar-refractivity contribution in [1.82, 2.24) is 30.5 Å². The average Bonchev–Trinajstić information content (AvgIpc) is 2.96. The van der Waals surface area contributed by atoms with Gasteiger partial charge in [-0.3, -0.25) is 15.5 Å². The summed E-state index contributed by atoms with van der Waals surface area (Å²) in [5, 5.41) is 9.49. The molecule has 3 heterocycles. The highest BCUT2D eigenvalue weighted by Crippen LogP contribution is 2.19. The van der Waals surface area contributed by atoms with Gasteiger partial charge < -0.3 is 4.90 Å². The summed E-state index contributed by atoms with van der Waals surface area (Å²) in [5.74, 6) is 0. The number of hydrazine groups is 1. The van der Waals surface area contributed by atoms with Crippen LogP contribution in [0.15, 0.2) is 30.7 Å². The van der Waals surface area contributed by atoms with Crippen molar-refractivity contribution >= 4 is 0 Å². The number of H-pyrrole nitrogens is 1. The lowest BCUT2D eigenvalue weighted by atomic mass is 10.1. The van der Waals surface area contributed by atoms with Gasteiger partial charge in [-0.2, -0.15) is 5.10 Å². The molecule has 2 N–H and O–H groups in total. The van der Waals surface area contributed by atoms with Gasteiger partial charge >= 0.3 is 0 Å². The molecule has 1 aliphatic heterocycles. The molecule has 0 spiro atoms.